The van der Waals surface area contributed by atoms with Crippen LogP contribution in [-0.4, -0.2) is 11.5 Å². The molecule has 3 nitrogen and oxygen atoms in total. The van der Waals surface area contributed by atoms with Crippen LogP contribution < -0.4 is 11.1 Å². The third-order valence-electron chi connectivity index (χ3n) is 3.31. The molecule has 0 aliphatic heterocycles. The summed E-state index contributed by atoms with van der Waals surface area (Å²) in [6, 6.07) is 8.39. The van der Waals surface area contributed by atoms with Gasteiger partial charge in [-0.15, -0.1) is 0 Å². The Labute approximate surface area is 119 Å². The van der Waals surface area contributed by atoms with Gasteiger partial charge < -0.3 is 11.1 Å². The Kier molecular flexibility index (Phi) is 4.69. The summed E-state index contributed by atoms with van der Waals surface area (Å²) >= 11 is 0. The Balaban J connectivity index is 2.47. The van der Waals surface area contributed by atoms with E-state index >= 15 is 0 Å². The number of nitrogens with two attached hydrogens (primary N) is 1. The van der Waals surface area contributed by atoms with E-state index in [-0.39, 0.29) is 11.9 Å². The van der Waals surface area contributed by atoms with Gasteiger partial charge in [0.1, 0.15) is 11.6 Å². The lowest BCUT2D eigenvalue weighted by atomic mass is 9.95. The molecule has 0 radical (unpaired) electrons. The number of nitrogens with one attached hydrogen (secondary N) is 1. The van der Waals surface area contributed by atoms with E-state index < -0.39 is 0 Å². The van der Waals surface area contributed by atoms with Gasteiger partial charge in [-0.2, -0.15) is 0 Å². The summed E-state index contributed by atoms with van der Waals surface area (Å²) in [4.78, 5) is 4.16. The van der Waals surface area contributed by atoms with Crippen molar-refractivity contribution in [2.45, 2.75) is 26.3 Å². The van der Waals surface area contributed by atoms with E-state index in [4.69, 9.17) is 5.73 Å². The third-order valence-corrected chi connectivity index (χ3v) is 3.31. The van der Waals surface area contributed by atoms with Gasteiger partial charge in [0.2, 0.25) is 0 Å². The Hall–Kier alpha value is -1.94. The van der Waals surface area contributed by atoms with E-state index in [0.717, 1.165) is 29.7 Å². The first-order valence-corrected chi connectivity index (χ1v) is 6.83. The first-order valence-electron chi connectivity index (χ1n) is 6.83. The number of hydrogen-bond acceptors (Lipinski definition) is 3. The van der Waals surface area contributed by atoms with Crippen molar-refractivity contribution < 1.29 is 4.39 Å². The SMILES string of the molecule is CCCNC(c1cccc(F)c1)c1c(C)ccnc1N. The highest BCUT2D eigenvalue weighted by Gasteiger charge is 2.19. The molecule has 1 atom stereocenters. The van der Waals surface area contributed by atoms with Crippen molar-refractivity contribution in [2.75, 3.05) is 12.3 Å². The summed E-state index contributed by atoms with van der Waals surface area (Å²) < 4.78 is 13.5. The Morgan fingerprint density at radius 2 is 2.15 bits per heavy atom. The molecule has 0 spiro atoms. The molecule has 1 heterocycles. The van der Waals surface area contributed by atoms with Crippen LogP contribution in [0.4, 0.5) is 10.2 Å². The lowest BCUT2D eigenvalue weighted by molar-refractivity contribution is 0.584. The number of hydrogen-bond donors (Lipinski definition) is 2. The molecule has 3 N–H and O–H groups in total. The van der Waals surface area contributed by atoms with E-state index in [1.165, 1.54) is 6.07 Å². The van der Waals surface area contributed by atoms with Gasteiger partial charge in [0.25, 0.3) is 0 Å². The van der Waals surface area contributed by atoms with Gasteiger partial charge in [0, 0.05) is 11.8 Å². The van der Waals surface area contributed by atoms with Crippen molar-refractivity contribution in [1.82, 2.24) is 10.3 Å². The number of benzene rings is 1. The van der Waals surface area contributed by atoms with E-state index in [2.05, 4.69) is 17.2 Å². The van der Waals surface area contributed by atoms with Crippen LogP contribution in [0.15, 0.2) is 36.5 Å². The fourth-order valence-corrected chi connectivity index (χ4v) is 2.33. The zero-order valence-electron chi connectivity index (χ0n) is 11.9. The fraction of sp³-hybridized carbons (Fsp3) is 0.312. The molecule has 2 aromatic rings. The van der Waals surface area contributed by atoms with Crippen molar-refractivity contribution in [1.29, 1.82) is 0 Å². The number of nitrogen functional groups attached to an aromatic ring is 1. The minimum absolute atomic E-state index is 0.139. The number of anilines is 1. The second-order valence-electron chi connectivity index (χ2n) is 4.87. The zero-order valence-corrected chi connectivity index (χ0v) is 11.9. The second kappa shape index (κ2) is 6.48. The lowest BCUT2D eigenvalue weighted by Crippen LogP contribution is -2.25. The monoisotopic (exact) mass is 273 g/mol. The van der Waals surface area contributed by atoms with Gasteiger partial charge in [0.05, 0.1) is 6.04 Å². The summed E-state index contributed by atoms with van der Waals surface area (Å²) in [5, 5.41) is 3.42. The van der Waals surface area contributed by atoms with Crippen LogP contribution in [0, 0.1) is 12.7 Å². The molecule has 4 heteroatoms. The van der Waals surface area contributed by atoms with Crippen molar-refractivity contribution in [3.63, 3.8) is 0 Å². The minimum atomic E-state index is -0.245. The highest BCUT2D eigenvalue weighted by molar-refractivity contribution is 5.49. The molecule has 20 heavy (non-hydrogen) atoms. The van der Waals surface area contributed by atoms with Gasteiger partial charge in [-0.1, -0.05) is 19.1 Å². The highest BCUT2D eigenvalue weighted by atomic mass is 19.1. The van der Waals surface area contributed by atoms with Crippen molar-refractivity contribution >= 4 is 5.82 Å². The van der Waals surface area contributed by atoms with Crippen LogP contribution in [-0.2, 0) is 0 Å². The van der Waals surface area contributed by atoms with E-state index in [0.29, 0.717) is 5.82 Å². The van der Waals surface area contributed by atoms with E-state index in [9.17, 15) is 4.39 Å². The molecule has 0 fully saturated rings. The molecule has 1 unspecified atom stereocenters. The van der Waals surface area contributed by atoms with Gasteiger partial charge in [-0.25, -0.2) is 9.37 Å². The second-order valence-corrected chi connectivity index (χ2v) is 4.87. The third kappa shape index (κ3) is 3.14. The summed E-state index contributed by atoms with van der Waals surface area (Å²) in [5.74, 6) is 0.244. The zero-order chi connectivity index (χ0) is 14.5. The number of nitrogens with zero attached hydrogens (tertiary/aromatic N) is 1. The first kappa shape index (κ1) is 14.5. The molecular formula is C16H20FN3. The maximum atomic E-state index is 13.5. The normalized spacial score (nSPS) is 12.3. The number of pyridine rings is 1. The van der Waals surface area contributed by atoms with Crippen molar-refractivity contribution in [3.8, 4) is 0 Å². The molecule has 0 saturated carbocycles. The van der Waals surface area contributed by atoms with Crippen LogP contribution in [0.3, 0.4) is 0 Å². The molecule has 0 aliphatic rings. The average molecular weight is 273 g/mol. The highest BCUT2D eigenvalue weighted by Crippen LogP contribution is 2.28. The largest absolute Gasteiger partial charge is 0.383 e. The van der Waals surface area contributed by atoms with Crippen LogP contribution in [0.5, 0.6) is 0 Å². The predicted octanol–water partition coefficient (Wildman–Crippen LogP) is 3.20. The molecule has 0 aliphatic carbocycles. The van der Waals surface area contributed by atoms with E-state index in [1.54, 1.807) is 18.3 Å². The Bertz CT molecular complexity index is 563. The molecule has 0 bridgehead atoms. The smallest absolute Gasteiger partial charge is 0.128 e. The molecule has 0 amide bonds. The first-order chi connectivity index (χ1) is 9.63. The molecule has 0 saturated heterocycles. The van der Waals surface area contributed by atoms with Crippen molar-refractivity contribution in [2.24, 2.45) is 0 Å². The minimum Gasteiger partial charge on any atom is -0.383 e. The molecule has 1 aromatic carbocycles. The van der Waals surface area contributed by atoms with Crippen LogP contribution >= 0.6 is 0 Å². The standard InChI is InChI=1S/C16H20FN3/c1-3-8-19-15(12-5-4-6-13(17)10-12)14-11(2)7-9-20-16(14)18/h4-7,9-10,15,19H,3,8H2,1-2H3,(H2,18,20). The Morgan fingerprint density at radius 1 is 1.35 bits per heavy atom. The quantitative estimate of drug-likeness (QED) is 0.879. The molecule has 1 aromatic heterocycles. The van der Waals surface area contributed by atoms with Crippen LogP contribution in [0.2, 0.25) is 0 Å². The van der Waals surface area contributed by atoms with Crippen molar-refractivity contribution in [3.05, 3.63) is 59.0 Å². The van der Waals surface area contributed by atoms with Crippen LogP contribution in [0.1, 0.15) is 36.1 Å². The topological polar surface area (TPSA) is 50.9 Å². The Morgan fingerprint density at radius 3 is 2.80 bits per heavy atom. The summed E-state index contributed by atoms with van der Waals surface area (Å²) in [6.45, 7) is 4.91. The maximum absolute atomic E-state index is 13.5. The average Bonchev–Trinajstić information content (AvgIpc) is 2.42. The van der Waals surface area contributed by atoms with E-state index in [1.807, 2.05) is 19.1 Å². The predicted molar refractivity (Wildman–Crippen MR) is 79.9 cm³/mol. The summed E-state index contributed by atoms with van der Waals surface area (Å²) in [6.07, 6.45) is 2.68. The van der Waals surface area contributed by atoms with Gasteiger partial charge in [-0.05, 0) is 49.2 Å². The molecule has 106 valence electrons. The summed E-state index contributed by atoms with van der Waals surface area (Å²) in [7, 11) is 0. The maximum Gasteiger partial charge on any atom is 0.128 e. The number of aryl methyl sites for hydroxylation is 1. The number of halogens is 1. The number of rotatable bonds is 5. The lowest BCUT2D eigenvalue weighted by Gasteiger charge is -2.22. The number of aromatic nitrogens is 1. The molecular weight excluding hydrogens is 253 g/mol. The van der Waals surface area contributed by atoms with Gasteiger partial charge >= 0.3 is 0 Å². The van der Waals surface area contributed by atoms with Gasteiger partial charge in [0.15, 0.2) is 0 Å². The fourth-order valence-electron chi connectivity index (χ4n) is 2.33. The van der Waals surface area contributed by atoms with Gasteiger partial charge in [-0.3, -0.25) is 0 Å². The molecule has 2 rings (SSSR count). The van der Waals surface area contributed by atoms with Crippen LogP contribution in [0.25, 0.3) is 0 Å². The summed E-state index contributed by atoms with van der Waals surface area (Å²) in [5.41, 5.74) is 8.86.